The molecule has 0 amide bonds. The lowest BCUT2D eigenvalue weighted by molar-refractivity contribution is 0.270. The third-order valence-electron chi connectivity index (χ3n) is 3.65. The number of aliphatic hydroxyl groups is 1. The number of piperidine rings is 1. The largest absolute Gasteiger partial charge is 0.396 e. The number of rotatable bonds is 5. The van der Waals surface area contributed by atoms with E-state index in [1.165, 1.54) is 6.42 Å². The second-order valence-electron chi connectivity index (χ2n) is 5.45. The maximum absolute atomic E-state index is 8.80. The van der Waals surface area contributed by atoms with E-state index in [2.05, 4.69) is 27.0 Å². The minimum absolute atomic E-state index is 0.171. The number of anilines is 1. The third-order valence-corrected chi connectivity index (χ3v) is 3.65. The number of nitrogens with zero attached hydrogens (tertiary/aromatic N) is 3. The summed E-state index contributed by atoms with van der Waals surface area (Å²) in [6.45, 7) is 5.02. The predicted octanol–water partition coefficient (Wildman–Crippen LogP) is 0.295. The zero-order chi connectivity index (χ0) is 13.0. The van der Waals surface area contributed by atoms with Crippen LogP contribution < -0.4 is 10.6 Å². The van der Waals surface area contributed by atoms with Gasteiger partial charge in [0.25, 0.3) is 0 Å². The fourth-order valence-corrected chi connectivity index (χ4v) is 2.44. The Bertz CT molecular complexity index is 380. The Morgan fingerprint density at radius 2 is 2.39 bits per heavy atom. The normalized spacial score (nSPS) is 24.5. The van der Waals surface area contributed by atoms with Crippen LogP contribution >= 0.6 is 0 Å². The third kappa shape index (κ3) is 3.00. The number of aryl methyl sites for hydroxylation is 1. The number of H-pyrrole nitrogens is 1. The van der Waals surface area contributed by atoms with Crippen molar-refractivity contribution < 1.29 is 5.11 Å². The molecule has 0 bridgehead atoms. The lowest BCUT2D eigenvalue weighted by Gasteiger charge is -2.39. The Hall–Kier alpha value is -1.14. The van der Waals surface area contributed by atoms with Gasteiger partial charge in [0.05, 0.1) is 0 Å². The van der Waals surface area contributed by atoms with Crippen LogP contribution in [0.3, 0.4) is 0 Å². The summed E-state index contributed by atoms with van der Waals surface area (Å²) >= 11 is 0. The Kier molecular flexibility index (Phi) is 4.19. The van der Waals surface area contributed by atoms with E-state index < -0.39 is 0 Å². The molecule has 1 aliphatic rings. The van der Waals surface area contributed by atoms with Crippen molar-refractivity contribution in [3.05, 3.63) is 5.82 Å². The molecule has 6 nitrogen and oxygen atoms in total. The van der Waals surface area contributed by atoms with Crippen LogP contribution in [0.25, 0.3) is 0 Å². The van der Waals surface area contributed by atoms with Crippen molar-refractivity contribution in [2.45, 2.75) is 32.6 Å². The minimum Gasteiger partial charge on any atom is -0.396 e. The first-order valence-electron chi connectivity index (χ1n) is 6.64. The first-order chi connectivity index (χ1) is 8.67. The molecule has 0 aliphatic carbocycles. The maximum Gasteiger partial charge on any atom is 0.244 e. The lowest BCUT2D eigenvalue weighted by Crippen LogP contribution is -2.46. The average molecular weight is 253 g/mol. The Labute approximate surface area is 108 Å². The number of hydrogen-bond donors (Lipinski definition) is 3. The summed E-state index contributed by atoms with van der Waals surface area (Å²) in [4.78, 5) is 6.68. The first-order valence-corrected chi connectivity index (χ1v) is 6.64. The molecule has 0 spiro atoms. The molecule has 1 saturated heterocycles. The summed E-state index contributed by atoms with van der Waals surface area (Å²) < 4.78 is 0. The molecule has 1 atom stereocenters. The number of nitrogens with two attached hydrogens (primary N) is 1. The van der Waals surface area contributed by atoms with Gasteiger partial charge in [-0.3, -0.25) is 5.10 Å². The Balaban J connectivity index is 2.00. The summed E-state index contributed by atoms with van der Waals surface area (Å²) in [5.41, 5.74) is 6.02. The van der Waals surface area contributed by atoms with Gasteiger partial charge in [0, 0.05) is 26.1 Å². The van der Waals surface area contributed by atoms with Gasteiger partial charge >= 0.3 is 0 Å². The highest BCUT2D eigenvalue weighted by molar-refractivity contribution is 5.30. The van der Waals surface area contributed by atoms with Crippen molar-refractivity contribution in [3.8, 4) is 0 Å². The van der Waals surface area contributed by atoms with Crippen LogP contribution in [-0.4, -0.2) is 46.5 Å². The van der Waals surface area contributed by atoms with Crippen LogP contribution in [0.2, 0.25) is 0 Å². The molecule has 0 aromatic carbocycles. The molecule has 6 heteroatoms. The Morgan fingerprint density at radius 3 is 3.11 bits per heavy atom. The van der Waals surface area contributed by atoms with Crippen molar-refractivity contribution in [2.75, 3.05) is 31.1 Å². The van der Waals surface area contributed by atoms with Crippen molar-refractivity contribution >= 4 is 5.95 Å². The second-order valence-corrected chi connectivity index (χ2v) is 5.45. The van der Waals surface area contributed by atoms with Gasteiger partial charge in [-0.25, -0.2) is 0 Å². The smallest absolute Gasteiger partial charge is 0.244 e. The molecule has 2 rings (SSSR count). The van der Waals surface area contributed by atoms with E-state index in [4.69, 9.17) is 10.8 Å². The average Bonchev–Trinajstić information content (AvgIpc) is 2.85. The first kappa shape index (κ1) is 13.3. The van der Waals surface area contributed by atoms with Gasteiger partial charge < -0.3 is 15.7 Å². The number of aromatic nitrogens is 3. The maximum atomic E-state index is 8.80. The van der Waals surface area contributed by atoms with Crippen molar-refractivity contribution in [3.63, 3.8) is 0 Å². The standard InChI is InChI=1S/C12H23N5O/c1-12(8-13)5-3-6-17(9-12)11-14-10(15-16-11)4-2-7-18/h18H,2-9,13H2,1H3,(H,14,15,16). The molecule has 102 valence electrons. The molecular formula is C12H23N5O. The zero-order valence-electron chi connectivity index (χ0n) is 11.0. The quantitative estimate of drug-likeness (QED) is 0.702. The van der Waals surface area contributed by atoms with Gasteiger partial charge in [0.2, 0.25) is 5.95 Å². The van der Waals surface area contributed by atoms with Gasteiger partial charge in [-0.1, -0.05) is 6.92 Å². The number of aliphatic hydroxyl groups excluding tert-OH is 1. The molecule has 1 aromatic rings. The molecule has 18 heavy (non-hydrogen) atoms. The van der Waals surface area contributed by atoms with Gasteiger partial charge in [-0.15, -0.1) is 5.10 Å². The Morgan fingerprint density at radius 1 is 1.56 bits per heavy atom. The molecule has 2 heterocycles. The minimum atomic E-state index is 0.171. The molecule has 1 unspecified atom stereocenters. The van der Waals surface area contributed by atoms with E-state index in [0.717, 1.165) is 44.1 Å². The number of aromatic amines is 1. The zero-order valence-corrected chi connectivity index (χ0v) is 11.0. The van der Waals surface area contributed by atoms with Gasteiger partial charge in [-0.2, -0.15) is 4.98 Å². The van der Waals surface area contributed by atoms with Crippen molar-refractivity contribution in [2.24, 2.45) is 11.1 Å². The van der Waals surface area contributed by atoms with Gasteiger partial charge in [0.15, 0.2) is 0 Å². The van der Waals surface area contributed by atoms with Crippen molar-refractivity contribution in [1.82, 2.24) is 15.2 Å². The topological polar surface area (TPSA) is 91.1 Å². The highest BCUT2D eigenvalue weighted by Gasteiger charge is 2.31. The van der Waals surface area contributed by atoms with Crippen LogP contribution in [-0.2, 0) is 6.42 Å². The summed E-state index contributed by atoms with van der Waals surface area (Å²) in [6.07, 6.45) is 3.76. The number of nitrogens with one attached hydrogen (secondary N) is 1. The van der Waals surface area contributed by atoms with Crippen molar-refractivity contribution in [1.29, 1.82) is 0 Å². The van der Waals surface area contributed by atoms with Crippen LogP contribution in [0.15, 0.2) is 0 Å². The summed E-state index contributed by atoms with van der Waals surface area (Å²) in [7, 11) is 0. The monoisotopic (exact) mass is 253 g/mol. The van der Waals surface area contributed by atoms with Crippen LogP contribution in [0.5, 0.6) is 0 Å². The second kappa shape index (κ2) is 5.67. The highest BCUT2D eigenvalue weighted by atomic mass is 16.2. The van der Waals surface area contributed by atoms with Crippen LogP contribution in [0, 0.1) is 5.41 Å². The van der Waals surface area contributed by atoms with E-state index in [9.17, 15) is 0 Å². The predicted molar refractivity (Wildman–Crippen MR) is 70.4 cm³/mol. The van der Waals surface area contributed by atoms with E-state index in [1.807, 2.05) is 0 Å². The van der Waals surface area contributed by atoms with E-state index in [0.29, 0.717) is 6.54 Å². The molecule has 1 aromatic heterocycles. The summed E-state index contributed by atoms with van der Waals surface area (Å²) in [6, 6.07) is 0. The van der Waals surface area contributed by atoms with E-state index in [1.54, 1.807) is 0 Å². The lowest BCUT2D eigenvalue weighted by atomic mass is 9.82. The highest BCUT2D eigenvalue weighted by Crippen LogP contribution is 2.29. The SMILES string of the molecule is CC1(CN)CCCN(c2n[nH]c(CCCO)n2)C1. The molecule has 0 saturated carbocycles. The summed E-state index contributed by atoms with van der Waals surface area (Å²) in [5, 5.41) is 16.0. The number of hydrogen-bond acceptors (Lipinski definition) is 5. The van der Waals surface area contributed by atoms with Crippen LogP contribution in [0.4, 0.5) is 5.95 Å². The fourth-order valence-electron chi connectivity index (χ4n) is 2.44. The molecule has 0 radical (unpaired) electrons. The van der Waals surface area contributed by atoms with Gasteiger partial charge in [0.1, 0.15) is 5.82 Å². The fraction of sp³-hybridized carbons (Fsp3) is 0.833. The molecule has 1 fully saturated rings. The van der Waals surface area contributed by atoms with E-state index in [-0.39, 0.29) is 12.0 Å². The molecule has 4 N–H and O–H groups in total. The van der Waals surface area contributed by atoms with Crippen LogP contribution in [0.1, 0.15) is 32.0 Å². The summed E-state index contributed by atoms with van der Waals surface area (Å²) in [5.74, 6) is 1.61. The van der Waals surface area contributed by atoms with Gasteiger partial charge in [-0.05, 0) is 31.2 Å². The molecule has 1 aliphatic heterocycles. The van der Waals surface area contributed by atoms with E-state index >= 15 is 0 Å². The molecular weight excluding hydrogens is 230 g/mol.